The first-order chi connectivity index (χ1) is 12.0. The van der Waals surface area contributed by atoms with Crippen LogP contribution in [0, 0.1) is 5.82 Å². The Hall–Kier alpha value is -3.55. The van der Waals surface area contributed by atoms with Crippen molar-refractivity contribution in [2.24, 2.45) is 0 Å². The second-order valence-electron chi connectivity index (χ2n) is 5.28. The third kappa shape index (κ3) is 3.37. The minimum atomic E-state index is -0.535. The van der Waals surface area contributed by atoms with Crippen molar-refractivity contribution in [1.82, 2.24) is 14.7 Å². The van der Waals surface area contributed by atoms with Crippen LogP contribution in [0.4, 0.5) is 10.1 Å². The molecule has 0 saturated heterocycles. The lowest BCUT2D eigenvalue weighted by atomic mass is 10.1. The van der Waals surface area contributed by atoms with Gasteiger partial charge in [-0.25, -0.2) is 9.37 Å². The number of hydrogen-bond acceptors (Lipinski definition) is 5. The summed E-state index contributed by atoms with van der Waals surface area (Å²) in [5, 5.41) is 2.46. The van der Waals surface area contributed by atoms with E-state index in [9.17, 15) is 18.8 Å². The molecule has 0 bridgehead atoms. The van der Waals surface area contributed by atoms with Gasteiger partial charge in [0.1, 0.15) is 17.2 Å². The van der Waals surface area contributed by atoms with Crippen LogP contribution in [0.3, 0.4) is 0 Å². The van der Waals surface area contributed by atoms with Gasteiger partial charge >= 0.3 is 0 Å². The summed E-state index contributed by atoms with van der Waals surface area (Å²) in [7, 11) is 0. The molecule has 1 aromatic carbocycles. The van der Waals surface area contributed by atoms with Crippen molar-refractivity contribution < 1.29 is 14.0 Å². The smallest absolute Gasteiger partial charge is 0.281 e. The van der Waals surface area contributed by atoms with Gasteiger partial charge in [0.15, 0.2) is 5.78 Å². The van der Waals surface area contributed by atoms with Crippen LogP contribution in [-0.4, -0.2) is 27.6 Å². The number of nitrogens with two attached hydrogens (primary N) is 1. The number of fused-ring (bicyclic) bond motifs is 1. The predicted molar refractivity (Wildman–Crippen MR) is 88.9 cm³/mol. The van der Waals surface area contributed by atoms with Gasteiger partial charge in [-0.05, 0) is 36.4 Å². The molecular formula is C17H13FN4O3. The highest BCUT2D eigenvalue weighted by Gasteiger charge is 2.12. The summed E-state index contributed by atoms with van der Waals surface area (Å²) >= 11 is 0. The van der Waals surface area contributed by atoms with Crippen LogP contribution in [0.25, 0.3) is 5.65 Å². The third-order valence-corrected chi connectivity index (χ3v) is 3.57. The number of aromatic nitrogens is 2. The van der Waals surface area contributed by atoms with Crippen molar-refractivity contribution >= 4 is 23.0 Å². The number of nitrogens with zero attached hydrogens (tertiary/aromatic N) is 2. The average molecular weight is 340 g/mol. The van der Waals surface area contributed by atoms with Crippen LogP contribution in [0.1, 0.15) is 20.7 Å². The van der Waals surface area contributed by atoms with Crippen LogP contribution in [0.2, 0.25) is 0 Å². The van der Waals surface area contributed by atoms with Gasteiger partial charge in [0.05, 0.1) is 18.3 Å². The van der Waals surface area contributed by atoms with E-state index in [0.717, 1.165) is 4.40 Å². The molecular weight excluding hydrogens is 327 g/mol. The maximum absolute atomic E-state index is 12.9. The molecule has 25 heavy (non-hydrogen) atoms. The van der Waals surface area contributed by atoms with Crippen molar-refractivity contribution in [1.29, 1.82) is 0 Å². The van der Waals surface area contributed by atoms with E-state index in [4.69, 9.17) is 5.73 Å². The molecule has 7 nitrogen and oxygen atoms in total. The van der Waals surface area contributed by atoms with Crippen molar-refractivity contribution in [3.8, 4) is 0 Å². The summed E-state index contributed by atoms with van der Waals surface area (Å²) < 4.78 is 14.0. The Morgan fingerprint density at radius 2 is 1.80 bits per heavy atom. The number of carbonyl (C=O) groups excluding carboxylic acids is 2. The van der Waals surface area contributed by atoms with Crippen LogP contribution < -0.4 is 16.6 Å². The molecule has 2 heterocycles. The number of ketones is 1. The highest BCUT2D eigenvalue weighted by atomic mass is 19.1. The summed E-state index contributed by atoms with van der Waals surface area (Å²) in [6.07, 6.45) is 2.55. The fraction of sp³-hybridized carbons (Fsp3) is 0.0588. The molecule has 0 spiro atoms. The fourth-order valence-electron chi connectivity index (χ4n) is 2.23. The molecule has 0 aliphatic heterocycles. The van der Waals surface area contributed by atoms with Crippen LogP contribution >= 0.6 is 0 Å². The zero-order valence-corrected chi connectivity index (χ0v) is 12.9. The number of hydrogen-bond donors (Lipinski definition) is 2. The van der Waals surface area contributed by atoms with Gasteiger partial charge in [-0.15, -0.1) is 0 Å². The lowest BCUT2D eigenvalue weighted by Gasteiger charge is -2.07. The second-order valence-corrected chi connectivity index (χ2v) is 5.28. The van der Waals surface area contributed by atoms with Gasteiger partial charge in [-0.3, -0.25) is 18.8 Å². The summed E-state index contributed by atoms with van der Waals surface area (Å²) in [5.74, 6) is -1.35. The maximum Gasteiger partial charge on any atom is 0.281 e. The standard InChI is InChI=1S/C17H13FN4O3/c18-12-4-1-10(2-5-12)14(23)8-21-16(24)11-3-6-15-20-7-13(19)17(25)22(15)9-11/h1-7,9H,8,19H2,(H,21,24). The number of anilines is 1. The topological polar surface area (TPSA) is 107 Å². The molecule has 2 aromatic heterocycles. The van der Waals surface area contributed by atoms with Gasteiger partial charge in [0.25, 0.3) is 11.5 Å². The molecule has 0 aliphatic carbocycles. The first-order valence-corrected chi connectivity index (χ1v) is 7.29. The number of nitrogen functional groups attached to an aromatic ring is 1. The monoisotopic (exact) mass is 340 g/mol. The predicted octanol–water partition coefficient (Wildman–Crippen LogP) is 1.03. The van der Waals surface area contributed by atoms with Gasteiger partial charge in [0.2, 0.25) is 0 Å². The van der Waals surface area contributed by atoms with E-state index < -0.39 is 17.3 Å². The van der Waals surface area contributed by atoms with Crippen LogP contribution in [0.15, 0.2) is 53.6 Å². The highest BCUT2D eigenvalue weighted by molar-refractivity contribution is 6.02. The summed E-state index contributed by atoms with van der Waals surface area (Å²) in [6, 6.07) is 8.00. The minimum Gasteiger partial charge on any atom is -0.393 e. The first-order valence-electron chi connectivity index (χ1n) is 7.29. The second kappa shape index (κ2) is 6.52. The Kier molecular flexibility index (Phi) is 4.25. The maximum atomic E-state index is 12.9. The van der Waals surface area contributed by atoms with E-state index >= 15 is 0 Å². The summed E-state index contributed by atoms with van der Waals surface area (Å²) in [4.78, 5) is 40.1. The van der Waals surface area contributed by atoms with E-state index in [2.05, 4.69) is 10.3 Å². The molecule has 0 aliphatic rings. The number of halogens is 1. The van der Waals surface area contributed by atoms with Crippen molar-refractivity contribution in [3.63, 3.8) is 0 Å². The number of rotatable bonds is 4. The van der Waals surface area contributed by atoms with Crippen LogP contribution in [-0.2, 0) is 0 Å². The van der Waals surface area contributed by atoms with Gasteiger partial charge < -0.3 is 11.1 Å². The minimum absolute atomic E-state index is 0.0402. The molecule has 3 rings (SSSR count). The largest absolute Gasteiger partial charge is 0.393 e. The fourth-order valence-corrected chi connectivity index (χ4v) is 2.23. The van der Waals surface area contributed by atoms with E-state index in [1.165, 1.54) is 48.8 Å². The Balaban J connectivity index is 1.76. The van der Waals surface area contributed by atoms with Crippen molar-refractivity contribution in [2.45, 2.75) is 0 Å². The molecule has 3 aromatic rings. The van der Waals surface area contributed by atoms with E-state index in [1.54, 1.807) is 0 Å². The zero-order chi connectivity index (χ0) is 18.0. The van der Waals surface area contributed by atoms with E-state index in [1.807, 2.05) is 0 Å². The molecule has 126 valence electrons. The lowest BCUT2D eigenvalue weighted by Crippen LogP contribution is -2.30. The number of amides is 1. The number of Topliss-reactive ketones (excluding diaryl/α,β-unsaturated/α-hetero) is 1. The molecule has 1 amide bonds. The molecule has 8 heteroatoms. The molecule has 0 unspecified atom stereocenters. The number of pyridine rings is 1. The average Bonchev–Trinajstić information content (AvgIpc) is 2.63. The highest BCUT2D eigenvalue weighted by Crippen LogP contribution is 2.05. The van der Waals surface area contributed by atoms with Crippen LogP contribution in [0.5, 0.6) is 0 Å². The Labute approximate surface area is 140 Å². The van der Waals surface area contributed by atoms with Gasteiger partial charge in [-0.2, -0.15) is 0 Å². The molecule has 0 fully saturated rings. The normalized spacial score (nSPS) is 10.6. The van der Waals surface area contributed by atoms with Crippen molar-refractivity contribution in [2.75, 3.05) is 12.3 Å². The summed E-state index contributed by atoms with van der Waals surface area (Å²) in [6.45, 7) is -0.257. The van der Waals surface area contributed by atoms with Gasteiger partial charge in [-0.1, -0.05) is 0 Å². The van der Waals surface area contributed by atoms with Gasteiger partial charge in [0, 0.05) is 11.8 Å². The van der Waals surface area contributed by atoms with E-state index in [0.29, 0.717) is 5.65 Å². The quantitative estimate of drug-likeness (QED) is 0.690. The first kappa shape index (κ1) is 16.3. The zero-order valence-electron chi connectivity index (χ0n) is 12.9. The number of benzene rings is 1. The molecule has 3 N–H and O–H groups in total. The lowest BCUT2D eigenvalue weighted by molar-refractivity contribution is 0.0903. The molecule has 0 saturated carbocycles. The number of carbonyl (C=O) groups is 2. The SMILES string of the molecule is Nc1cnc2ccc(C(=O)NCC(=O)c3ccc(F)cc3)cn2c1=O. The Bertz CT molecular complexity index is 1030. The third-order valence-electron chi connectivity index (χ3n) is 3.57. The molecule has 0 atom stereocenters. The van der Waals surface area contributed by atoms with Crippen molar-refractivity contribution in [3.05, 3.63) is 76.1 Å². The Morgan fingerprint density at radius 3 is 2.52 bits per heavy atom. The number of nitrogens with one attached hydrogen (secondary N) is 1. The summed E-state index contributed by atoms with van der Waals surface area (Å²) in [5.41, 5.74) is 5.80. The van der Waals surface area contributed by atoms with E-state index in [-0.39, 0.29) is 29.1 Å². The molecule has 0 radical (unpaired) electrons. The Morgan fingerprint density at radius 1 is 1.12 bits per heavy atom.